The quantitative estimate of drug-likeness (QED) is 0.786. The molecule has 0 aliphatic heterocycles. The molecular formula is C11H13N5O2. The summed E-state index contributed by atoms with van der Waals surface area (Å²) >= 11 is 0. The number of nitrogen functional groups attached to an aromatic ring is 1. The van der Waals surface area contributed by atoms with E-state index < -0.39 is 0 Å². The van der Waals surface area contributed by atoms with E-state index in [4.69, 9.17) is 15.2 Å². The number of nitrogens with one attached hydrogen (secondary N) is 1. The highest BCUT2D eigenvalue weighted by Crippen LogP contribution is 2.21. The molecule has 0 saturated carbocycles. The van der Waals surface area contributed by atoms with Crippen LogP contribution < -0.4 is 20.5 Å². The van der Waals surface area contributed by atoms with Crippen molar-refractivity contribution >= 4 is 11.6 Å². The minimum absolute atomic E-state index is 0.149. The minimum atomic E-state index is 0.149. The van der Waals surface area contributed by atoms with Crippen molar-refractivity contribution in [1.82, 2.24) is 15.0 Å². The van der Waals surface area contributed by atoms with Crippen LogP contribution in [0.4, 0.5) is 11.6 Å². The molecule has 3 N–H and O–H groups in total. The van der Waals surface area contributed by atoms with Crippen LogP contribution in [0.15, 0.2) is 24.3 Å². The molecule has 0 fully saturated rings. The van der Waals surface area contributed by atoms with Crippen LogP contribution in [-0.2, 0) is 0 Å². The highest BCUT2D eigenvalue weighted by molar-refractivity contribution is 5.42. The number of benzene rings is 1. The van der Waals surface area contributed by atoms with E-state index in [1.165, 1.54) is 7.11 Å². The van der Waals surface area contributed by atoms with Gasteiger partial charge in [0.05, 0.1) is 7.11 Å². The molecule has 0 unspecified atom stereocenters. The Kier molecular flexibility index (Phi) is 3.42. The Balaban J connectivity index is 2.25. The second-order valence-electron chi connectivity index (χ2n) is 3.35. The maximum atomic E-state index is 5.58. The minimum Gasteiger partial charge on any atom is -0.467 e. The van der Waals surface area contributed by atoms with Crippen LogP contribution in [-0.4, -0.2) is 29.1 Å². The Morgan fingerprint density at radius 2 is 1.72 bits per heavy atom. The lowest BCUT2D eigenvalue weighted by Crippen LogP contribution is -2.03. The number of anilines is 2. The second-order valence-corrected chi connectivity index (χ2v) is 3.35. The van der Waals surface area contributed by atoms with Gasteiger partial charge in [-0.25, -0.2) is 0 Å². The normalized spacial score (nSPS) is 9.89. The van der Waals surface area contributed by atoms with Gasteiger partial charge in [-0.05, 0) is 24.3 Å². The van der Waals surface area contributed by atoms with Gasteiger partial charge in [0, 0.05) is 12.7 Å². The van der Waals surface area contributed by atoms with Crippen LogP contribution in [0.25, 0.3) is 0 Å². The molecule has 0 bridgehead atoms. The van der Waals surface area contributed by atoms with Gasteiger partial charge in [-0.15, -0.1) is 4.98 Å². The first-order valence-corrected chi connectivity index (χ1v) is 5.22. The van der Waals surface area contributed by atoms with E-state index in [0.29, 0.717) is 17.4 Å². The third-order valence-corrected chi connectivity index (χ3v) is 2.09. The Morgan fingerprint density at radius 3 is 2.33 bits per heavy atom. The Labute approximate surface area is 104 Å². The first-order chi connectivity index (χ1) is 8.71. The van der Waals surface area contributed by atoms with E-state index in [0.717, 1.165) is 0 Å². The average Bonchev–Trinajstić information content (AvgIpc) is 2.41. The third-order valence-electron chi connectivity index (χ3n) is 2.09. The number of nitrogens with zero attached hydrogens (tertiary/aromatic N) is 3. The molecule has 0 atom stereocenters. The van der Waals surface area contributed by atoms with Crippen molar-refractivity contribution < 1.29 is 9.47 Å². The number of nitrogens with two attached hydrogens (primary N) is 1. The van der Waals surface area contributed by atoms with E-state index in [1.807, 2.05) is 0 Å². The molecule has 1 aromatic carbocycles. The van der Waals surface area contributed by atoms with Crippen molar-refractivity contribution in [2.45, 2.75) is 0 Å². The van der Waals surface area contributed by atoms with Gasteiger partial charge in [0.15, 0.2) is 0 Å². The van der Waals surface area contributed by atoms with Gasteiger partial charge in [0.1, 0.15) is 5.75 Å². The maximum Gasteiger partial charge on any atom is 0.330 e. The summed E-state index contributed by atoms with van der Waals surface area (Å²) in [5.41, 5.74) is 6.24. The lowest BCUT2D eigenvalue weighted by Gasteiger charge is -2.06. The second kappa shape index (κ2) is 5.17. The Bertz CT molecular complexity index is 507. The molecule has 7 heteroatoms. The average molecular weight is 247 g/mol. The number of methoxy groups -OCH3 is 1. The monoisotopic (exact) mass is 247 g/mol. The summed E-state index contributed by atoms with van der Waals surface area (Å²) < 4.78 is 10.4. The van der Waals surface area contributed by atoms with E-state index in [2.05, 4.69) is 20.3 Å². The topological polar surface area (TPSA) is 95.2 Å². The lowest BCUT2D eigenvalue weighted by atomic mass is 10.3. The number of hydrogen-bond donors (Lipinski definition) is 2. The predicted molar refractivity (Wildman–Crippen MR) is 66.9 cm³/mol. The van der Waals surface area contributed by atoms with E-state index >= 15 is 0 Å². The first kappa shape index (κ1) is 11.9. The molecule has 7 nitrogen and oxygen atoms in total. The molecule has 0 radical (unpaired) electrons. The van der Waals surface area contributed by atoms with Gasteiger partial charge >= 0.3 is 12.0 Å². The van der Waals surface area contributed by atoms with Crippen molar-refractivity contribution in [3.8, 4) is 17.8 Å². The van der Waals surface area contributed by atoms with Crippen molar-refractivity contribution in [3.63, 3.8) is 0 Å². The van der Waals surface area contributed by atoms with E-state index in [9.17, 15) is 0 Å². The molecule has 94 valence electrons. The fourth-order valence-electron chi connectivity index (χ4n) is 1.23. The van der Waals surface area contributed by atoms with Crippen LogP contribution >= 0.6 is 0 Å². The van der Waals surface area contributed by atoms with Crippen LogP contribution in [0.2, 0.25) is 0 Å². The predicted octanol–water partition coefficient (Wildman–Crippen LogP) is 1.30. The maximum absolute atomic E-state index is 5.58. The molecule has 0 saturated heterocycles. The van der Waals surface area contributed by atoms with Crippen molar-refractivity contribution in [2.75, 3.05) is 25.2 Å². The van der Waals surface area contributed by atoms with Gasteiger partial charge in [-0.1, -0.05) is 0 Å². The van der Waals surface area contributed by atoms with Gasteiger partial charge in [-0.2, -0.15) is 9.97 Å². The van der Waals surface area contributed by atoms with Crippen molar-refractivity contribution in [3.05, 3.63) is 24.3 Å². The Morgan fingerprint density at radius 1 is 1.06 bits per heavy atom. The van der Waals surface area contributed by atoms with E-state index in [-0.39, 0.29) is 12.0 Å². The summed E-state index contributed by atoms with van der Waals surface area (Å²) in [5.74, 6) is 0.951. The molecule has 1 heterocycles. The van der Waals surface area contributed by atoms with Gasteiger partial charge < -0.3 is 20.5 Å². The molecule has 18 heavy (non-hydrogen) atoms. The third kappa shape index (κ3) is 2.76. The standard InChI is InChI=1S/C11H13N5O2/c1-13-9-14-10(17-2)16-11(15-9)18-8-5-3-7(12)4-6-8/h3-6H,12H2,1-2H3,(H,13,14,15,16). The van der Waals surface area contributed by atoms with E-state index in [1.54, 1.807) is 31.3 Å². The molecule has 2 rings (SSSR count). The smallest absolute Gasteiger partial charge is 0.330 e. The molecular weight excluding hydrogens is 234 g/mol. The van der Waals surface area contributed by atoms with Gasteiger partial charge in [-0.3, -0.25) is 0 Å². The molecule has 0 spiro atoms. The van der Waals surface area contributed by atoms with Crippen LogP contribution in [0.5, 0.6) is 17.8 Å². The molecule has 0 aliphatic rings. The lowest BCUT2D eigenvalue weighted by molar-refractivity contribution is 0.360. The summed E-state index contributed by atoms with van der Waals surface area (Å²) in [5, 5.41) is 2.79. The fourth-order valence-corrected chi connectivity index (χ4v) is 1.23. The fraction of sp³-hybridized carbons (Fsp3) is 0.182. The summed E-state index contributed by atoms with van der Waals surface area (Å²) in [6.07, 6.45) is 0. The molecule has 0 amide bonds. The Hall–Kier alpha value is -2.57. The van der Waals surface area contributed by atoms with Gasteiger partial charge in [0.2, 0.25) is 5.95 Å². The van der Waals surface area contributed by atoms with Crippen LogP contribution in [0, 0.1) is 0 Å². The summed E-state index contributed by atoms with van der Waals surface area (Å²) in [4.78, 5) is 12.0. The zero-order valence-corrected chi connectivity index (χ0v) is 10.0. The highest BCUT2D eigenvalue weighted by atomic mass is 16.5. The summed E-state index contributed by atoms with van der Waals surface area (Å²) in [7, 11) is 3.17. The SMILES string of the molecule is CNc1nc(OC)nc(Oc2ccc(N)cc2)n1. The first-order valence-electron chi connectivity index (χ1n) is 5.22. The van der Waals surface area contributed by atoms with Crippen molar-refractivity contribution in [2.24, 2.45) is 0 Å². The molecule has 1 aromatic heterocycles. The van der Waals surface area contributed by atoms with Gasteiger partial charge in [0.25, 0.3) is 0 Å². The number of hydrogen-bond acceptors (Lipinski definition) is 7. The number of rotatable bonds is 4. The number of aromatic nitrogens is 3. The number of ether oxygens (including phenoxy) is 2. The van der Waals surface area contributed by atoms with Crippen molar-refractivity contribution in [1.29, 1.82) is 0 Å². The molecule has 0 aliphatic carbocycles. The largest absolute Gasteiger partial charge is 0.467 e. The highest BCUT2D eigenvalue weighted by Gasteiger charge is 2.07. The zero-order chi connectivity index (χ0) is 13.0. The summed E-state index contributed by atoms with van der Waals surface area (Å²) in [6, 6.07) is 7.24. The van der Waals surface area contributed by atoms with Crippen LogP contribution in [0.1, 0.15) is 0 Å². The van der Waals surface area contributed by atoms with Crippen LogP contribution in [0.3, 0.4) is 0 Å². The summed E-state index contributed by atoms with van der Waals surface area (Å²) in [6.45, 7) is 0. The zero-order valence-electron chi connectivity index (χ0n) is 10.0. The molecule has 2 aromatic rings.